The Morgan fingerprint density at radius 3 is 3.00 bits per heavy atom. The Morgan fingerprint density at radius 2 is 2.32 bits per heavy atom. The molecule has 1 atom stereocenters. The first-order chi connectivity index (χ1) is 9.20. The molecule has 0 aliphatic heterocycles. The summed E-state index contributed by atoms with van der Waals surface area (Å²) in [7, 11) is 0. The van der Waals surface area contributed by atoms with E-state index in [9.17, 15) is 5.11 Å². The molecule has 0 bridgehead atoms. The molecular weight excluding hydrogens is 242 g/mol. The van der Waals surface area contributed by atoms with Gasteiger partial charge in [-0.25, -0.2) is 0 Å². The van der Waals surface area contributed by atoms with Gasteiger partial charge in [0.05, 0.1) is 12.3 Å². The van der Waals surface area contributed by atoms with Crippen molar-refractivity contribution in [2.45, 2.75) is 39.3 Å². The van der Waals surface area contributed by atoms with Crippen LogP contribution in [0.1, 0.15) is 31.1 Å². The van der Waals surface area contributed by atoms with Crippen LogP contribution < -0.4 is 5.32 Å². The van der Waals surface area contributed by atoms with Crippen molar-refractivity contribution in [2.75, 3.05) is 6.54 Å². The largest absolute Gasteiger partial charge is 0.460 e. The molecule has 104 valence electrons. The van der Waals surface area contributed by atoms with E-state index in [1.165, 1.54) is 0 Å². The Labute approximate surface area is 113 Å². The summed E-state index contributed by atoms with van der Waals surface area (Å²) in [5.41, 5.74) is 1.98. The molecule has 3 N–H and O–H groups in total. The number of aryl methyl sites for hydroxylation is 1. The van der Waals surface area contributed by atoms with Crippen molar-refractivity contribution in [1.82, 2.24) is 15.5 Å². The van der Waals surface area contributed by atoms with Crippen molar-refractivity contribution in [3.63, 3.8) is 0 Å². The van der Waals surface area contributed by atoms with Gasteiger partial charge in [0.15, 0.2) is 5.76 Å². The summed E-state index contributed by atoms with van der Waals surface area (Å²) < 4.78 is 5.59. The third kappa shape index (κ3) is 3.68. The molecule has 0 radical (unpaired) electrons. The standard InChI is InChI=1S/C14H21N3O2/c1-3-12(18)6-7-15-8-11-9-16-17-14(11)13-5-4-10(2)19-13/h4-5,9,12,15,18H,3,6-8H2,1-2H3,(H,16,17). The molecule has 2 heterocycles. The lowest BCUT2D eigenvalue weighted by molar-refractivity contribution is 0.159. The zero-order chi connectivity index (χ0) is 13.7. The zero-order valence-corrected chi connectivity index (χ0v) is 11.4. The number of aliphatic hydroxyl groups is 1. The zero-order valence-electron chi connectivity index (χ0n) is 11.4. The number of H-pyrrole nitrogens is 1. The van der Waals surface area contributed by atoms with Crippen LogP contribution in [0.3, 0.4) is 0 Å². The van der Waals surface area contributed by atoms with Crippen LogP contribution in [0.4, 0.5) is 0 Å². The highest BCUT2D eigenvalue weighted by Crippen LogP contribution is 2.23. The van der Waals surface area contributed by atoms with E-state index in [2.05, 4.69) is 15.5 Å². The summed E-state index contributed by atoms with van der Waals surface area (Å²) in [6.45, 7) is 5.40. The molecule has 0 saturated heterocycles. The molecule has 2 aromatic heterocycles. The van der Waals surface area contributed by atoms with Crippen LogP contribution in [0.2, 0.25) is 0 Å². The van der Waals surface area contributed by atoms with Crippen LogP contribution in [-0.4, -0.2) is 28.0 Å². The first kappa shape index (κ1) is 13.8. The first-order valence-corrected chi connectivity index (χ1v) is 6.68. The molecular formula is C14H21N3O2. The summed E-state index contributed by atoms with van der Waals surface area (Å²) in [6.07, 6.45) is 3.15. The number of nitrogens with one attached hydrogen (secondary N) is 2. The number of rotatable bonds is 7. The second-order valence-electron chi connectivity index (χ2n) is 4.71. The summed E-state index contributed by atoms with van der Waals surface area (Å²) in [5.74, 6) is 1.69. The van der Waals surface area contributed by atoms with E-state index in [1.54, 1.807) is 6.20 Å². The highest BCUT2D eigenvalue weighted by molar-refractivity contribution is 5.56. The van der Waals surface area contributed by atoms with E-state index in [0.29, 0.717) is 6.54 Å². The molecule has 0 saturated carbocycles. The number of aromatic amines is 1. The van der Waals surface area contributed by atoms with Gasteiger partial charge in [0.25, 0.3) is 0 Å². The van der Waals surface area contributed by atoms with Gasteiger partial charge in [-0.3, -0.25) is 5.10 Å². The average molecular weight is 263 g/mol. The Hall–Kier alpha value is -1.59. The number of hydrogen-bond acceptors (Lipinski definition) is 4. The lowest BCUT2D eigenvalue weighted by Crippen LogP contribution is -2.19. The smallest absolute Gasteiger partial charge is 0.152 e. The van der Waals surface area contributed by atoms with Crippen molar-refractivity contribution in [2.24, 2.45) is 0 Å². The van der Waals surface area contributed by atoms with Crippen LogP contribution >= 0.6 is 0 Å². The molecule has 0 amide bonds. The third-order valence-corrected chi connectivity index (χ3v) is 3.15. The normalized spacial score (nSPS) is 12.8. The van der Waals surface area contributed by atoms with Crippen molar-refractivity contribution in [3.8, 4) is 11.5 Å². The van der Waals surface area contributed by atoms with Gasteiger partial charge >= 0.3 is 0 Å². The average Bonchev–Trinajstić information content (AvgIpc) is 3.02. The summed E-state index contributed by atoms with van der Waals surface area (Å²) in [6, 6.07) is 3.87. The summed E-state index contributed by atoms with van der Waals surface area (Å²) in [4.78, 5) is 0. The fraction of sp³-hybridized carbons (Fsp3) is 0.500. The Bertz CT molecular complexity index is 504. The van der Waals surface area contributed by atoms with Crippen LogP contribution in [0, 0.1) is 6.92 Å². The number of hydrogen-bond donors (Lipinski definition) is 3. The van der Waals surface area contributed by atoms with Crippen LogP contribution in [0.5, 0.6) is 0 Å². The first-order valence-electron chi connectivity index (χ1n) is 6.68. The van der Waals surface area contributed by atoms with E-state index >= 15 is 0 Å². The monoisotopic (exact) mass is 263 g/mol. The maximum Gasteiger partial charge on any atom is 0.152 e. The van der Waals surface area contributed by atoms with Gasteiger partial charge in [0.1, 0.15) is 11.5 Å². The molecule has 0 fully saturated rings. The minimum Gasteiger partial charge on any atom is -0.460 e. The molecule has 5 heteroatoms. The maximum absolute atomic E-state index is 9.48. The molecule has 2 aromatic rings. The minimum absolute atomic E-state index is 0.218. The predicted octanol–water partition coefficient (Wildman–Crippen LogP) is 2.23. The fourth-order valence-electron chi connectivity index (χ4n) is 1.92. The molecule has 1 unspecified atom stereocenters. The maximum atomic E-state index is 9.48. The predicted molar refractivity (Wildman–Crippen MR) is 73.6 cm³/mol. The van der Waals surface area contributed by atoms with Crippen molar-refractivity contribution in [3.05, 3.63) is 29.7 Å². The number of furan rings is 1. The highest BCUT2D eigenvalue weighted by Gasteiger charge is 2.10. The molecule has 0 aliphatic rings. The van der Waals surface area contributed by atoms with E-state index in [4.69, 9.17) is 4.42 Å². The SMILES string of the molecule is CCC(O)CCNCc1cn[nH]c1-c1ccc(C)o1. The lowest BCUT2D eigenvalue weighted by Gasteiger charge is -2.08. The quantitative estimate of drug-likeness (QED) is 0.670. The van der Waals surface area contributed by atoms with Gasteiger partial charge in [-0.1, -0.05) is 6.92 Å². The Balaban J connectivity index is 1.90. The molecule has 0 spiro atoms. The van der Waals surface area contributed by atoms with Gasteiger partial charge in [-0.05, 0) is 38.4 Å². The third-order valence-electron chi connectivity index (χ3n) is 3.15. The van der Waals surface area contributed by atoms with E-state index < -0.39 is 0 Å². The van der Waals surface area contributed by atoms with Crippen molar-refractivity contribution < 1.29 is 9.52 Å². The van der Waals surface area contributed by atoms with Gasteiger partial charge < -0.3 is 14.8 Å². The molecule has 19 heavy (non-hydrogen) atoms. The Kier molecular flexibility index (Phi) is 4.76. The molecule has 2 rings (SSSR count). The van der Waals surface area contributed by atoms with E-state index in [-0.39, 0.29) is 6.10 Å². The number of nitrogens with zero attached hydrogens (tertiary/aromatic N) is 1. The number of aliphatic hydroxyl groups excluding tert-OH is 1. The molecule has 5 nitrogen and oxygen atoms in total. The van der Waals surface area contributed by atoms with Crippen molar-refractivity contribution in [1.29, 1.82) is 0 Å². The van der Waals surface area contributed by atoms with Crippen LogP contribution in [0.15, 0.2) is 22.7 Å². The van der Waals surface area contributed by atoms with Crippen LogP contribution in [0.25, 0.3) is 11.5 Å². The minimum atomic E-state index is -0.218. The van der Waals surface area contributed by atoms with E-state index in [0.717, 1.165) is 42.2 Å². The second kappa shape index (κ2) is 6.54. The topological polar surface area (TPSA) is 74.1 Å². The second-order valence-corrected chi connectivity index (χ2v) is 4.71. The van der Waals surface area contributed by atoms with Gasteiger partial charge in [0.2, 0.25) is 0 Å². The highest BCUT2D eigenvalue weighted by atomic mass is 16.3. The molecule has 0 aromatic carbocycles. The van der Waals surface area contributed by atoms with Gasteiger partial charge in [0, 0.05) is 12.1 Å². The summed E-state index contributed by atoms with van der Waals surface area (Å²) in [5, 5.41) is 19.8. The summed E-state index contributed by atoms with van der Waals surface area (Å²) >= 11 is 0. The molecule has 0 aliphatic carbocycles. The van der Waals surface area contributed by atoms with E-state index in [1.807, 2.05) is 26.0 Å². The van der Waals surface area contributed by atoms with Gasteiger partial charge in [-0.2, -0.15) is 5.10 Å². The Morgan fingerprint density at radius 1 is 1.47 bits per heavy atom. The van der Waals surface area contributed by atoms with Gasteiger partial charge in [-0.15, -0.1) is 0 Å². The van der Waals surface area contributed by atoms with Crippen molar-refractivity contribution >= 4 is 0 Å². The lowest BCUT2D eigenvalue weighted by atomic mass is 10.2. The fourth-order valence-corrected chi connectivity index (χ4v) is 1.92. The number of aromatic nitrogens is 2. The van der Waals surface area contributed by atoms with Crippen LogP contribution in [-0.2, 0) is 6.54 Å².